The average molecular weight is 465 g/mol. The topological polar surface area (TPSA) is 108 Å². The predicted molar refractivity (Wildman–Crippen MR) is 129 cm³/mol. The summed E-state index contributed by atoms with van der Waals surface area (Å²) in [5.74, 6) is 0.616. The van der Waals surface area contributed by atoms with Gasteiger partial charge in [0.1, 0.15) is 5.82 Å². The molecule has 3 heterocycles. The van der Waals surface area contributed by atoms with Crippen LogP contribution in [0.5, 0.6) is 0 Å². The lowest BCUT2D eigenvalue weighted by Gasteiger charge is -2.21. The second-order valence-corrected chi connectivity index (χ2v) is 8.23. The van der Waals surface area contributed by atoms with E-state index in [0.717, 1.165) is 59.6 Å². The highest BCUT2D eigenvalue weighted by molar-refractivity contribution is 6.31. The van der Waals surface area contributed by atoms with Crippen molar-refractivity contribution in [1.29, 1.82) is 0 Å². The van der Waals surface area contributed by atoms with Gasteiger partial charge in [-0.05, 0) is 49.6 Å². The number of fused-ring (bicyclic) bond motifs is 1. The van der Waals surface area contributed by atoms with Crippen LogP contribution in [-0.2, 0) is 4.79 Å². The number of aliphatic carboxylic acids is 1. The van der Waals surface area contributed by atoms with Crippen molar-refractivity contribution in [2.45, 2.75) is 32.6 Å². The van der Waals surface area contributed by atoms with Gasteiger partial charge in [-0.25, -0.2) is 15.0 Å². The molecule has 4 rings (SSSR count). The minimum atomic E-state index is -0.763. The maximum atomic E-state index is 10.7. The Hall–Kier alpha value is -3.52. The number of benzene rings is 1. The summed E-state index contributed by atoms with van der Waals surface area (Å²) in [6.07, 6.45) is 7.89. The normalized spacial score (nSPS) is 11.1. The van der Waals surface area contributed by atoms with Gasteiger partial charge >= 0.3 is 5.97 Å². The molecule has 0 aliphatic carbocycles. The van der Waals surface area contributed by atoms with Gasteiger partial charge in [0.2, 0.25) is 5.95 Å². The summed E-state index contributed by atoms with van der Waals surface area (Å²) in [6, 6.07) is 9.44. The number of pyridine rings is 1. The molecule has 33 heavy (non-hydrogen) atoms. The Morgan fingerprint density at radius 2 is 1.82 bits per heavy atom. The first-order valence-electron chi connectivity index (χ1n) is 10.9. The SMILES string of the molecule is CCCN(CCCCC(=O)O)c1ncc(-c2ccc(-c3nc4cc(Cl)ccc4[nH]3)cn2)cn1. The molecule has 0 atom stereocenters. The molecule has 1 aromatic carbocycles. The molecule has 0 fully saturated rings. The minimum absolute atomic E-state index is 0.184. The van der Waals surface area contributed by atoms with E-state index in [9.17, 15) is 4.79 Å². The number of aromatic nitrogens is 5. The van der Waals surface area contributed by atoms with Crippen molar-refractivity contribution in [2.75, 3.05) is 18.0 Å². The molecule has 0 bridgehead atoms. The van der Waals surface area contributed by atoms with Crippen LogP contribution < -0.4 is 4.90 Å². The van der Waals surface area contributed by atoms with E-state index in [0.29, 0.717) is 17.4 Å². The number of rotatable bonds is 10. The van der Waals surface area contributed by atoms with Gasteiger partial charge in [-0.15, -0.1) is 0 Å². The lowest BCUT2D eigenvalue weighted by molar-refractivity contribution is -0.137. The maximum absolute atomic E-state index is 10.7. The van der Waals surface area contributed by atoms with Crippen LogP contribution in [0, 0.1) is 0 Å². The zero-order chi connectivity index (χ0) is 23.2. The molecule has 0 amide bonds. The molecule has 0 saturated carbocycles. The summed E-state index contributed by atoms with van der Waals surface area (Å²) in [7, 11) is 0. The van der Waals surface area contributed by atoms with Gasteiger partial charge < -0.3 is 15.0 Å². The molecule has 0 radical (unpaired) electrons. The summed E-state index contributed by atoms with van der Waals surface area (Å²) in [4.78, 5) is 34.3. The third-order valence-electron chi connectivity index (χ3n) is 5.26. The summed E-state index contributed by atoms with van der Waals surface area (Å²) in [5, 5.41) is 9.46. The number of aromatic amines is 1. The number of nitrogens with one attached hydrogen (secondary N) is 1. The molecular formula is C24H25ClN6O2. The largest absolute Gasteiger partial charge is 0.481 e. The molecule has 0 spiro atoms. The zero-order valence-corrected chi connectivity index (χ0v) is 19.1. The van der Waals surface area contributed by atoms with Crippen molar-refractivity contribution < 1.29 is 9.90 Å². The van der Waals surface area contributed by atoms with Crippen LogP contribution in [0.15, 0.2) is 48.9 Å². The fourth-order valence-electron chi connectivity index (χ4n) is 3.60. The number of hydrogen-bond acceptors (Lipinski definition) is 6. The highest BCUT2D eigenvalue weighted by Crippen LogP contribution is 2.24. The third-order valence-corrected chi connectivity index (χ3v) is 5.50. The molecule has 0 saturated heterocycles. The van der Waals surface area contributed by atoms with Crippen molar-refractivity contribution in [3.05, 3.63) is 53.9 Å². The Morgan fingerprint density at radius 3 is 2.52 bits per heavy atom. The number of H-pyrrole nitrogens is 1. The Bertz CT molecular complexity index is 1220. The number of carboxylic acid groups (broad SMARTS) is 1. The first-order valence-corrected chi connectivity index (χ1v) is 11.3. The van der Waals surface area contributed by atoms with Crippen molar-refractivity contribution in [3.63, 3.8) is 0 Å². The highest BCUT2D eigenvalue weighted by atomic mass is 35.5. The van der Waals surface area contributed by atoms with Crippen LogP contribution in [0.4, 0.5) is 5.95 Å². The van der Waals surface area contributed by atoms with Gasteiger partial charge in [0.05, 0.1) is 16.7 Å². The number of anilines is 1. The van der Waals surface area contributed by atoms with E-state index in [1.807, 2.05) is 30.3 Å². The molecule has 2 N–H and O–H groups in total. The fraction of sp³-hybridized carbons (Fsp3) is 0.292. The van der Waals surface area contributed by atoms with E-state index in [-0.39, 0.29) is 6.42 Å². The molecule has 0 unspecified atom stereocenters. The molecule has 4 aromatic rings. The summed E-state index contributed by atoms with van der Waals surface area (Å²) >= 11 is 6.05. The number of halogens is 1. The molecule has 0 aliphatic heterocycles. The van der Waals surface area contributed by atoms with Gasteiger partial charge in [-0.2, -0.15) is 0 Å². The Morgan fingerprint density at radius 1 is 1.03 bits per heavy atom. The van der Waals surface area contributed by atoms with Crippen molar-refractivity contribution in [2.24, 2.45) is 0 Å². The number of imidazole rings is 1. The van der Waals surface area contributed by atoms with Crippen LogP contribution in [0.1, 0.15) is 32.6 Å². The number of carbonyl (C=O) groups is 1. The van der Waals surface area contributed by atoms with E-state index in [2.05, 4.69) is 36.7 Å². The van der Waals surface area contributed by atoms with E-state index < -0.39 is 5.97 Å². The molecule has 8 nitrogen and oxygen atoms in total. The smallest absolute Gasteiger partial charge is 0.303 e. The summed E-state index contributed by atoms with van der Waals surface area (Å²) in [5.41, 5.74) is 4.20. The highest BCUT2D eigenvalue weighted by Gasteiger charge is 2.11. The van der Waals surface area contributed by atoms with E-state index in [4.69, 9.17) is 16.7 Å². The van der Waals surface area contributed by atoms with Crippen molar-refractivity contribution in [1.82, 2.24) is 24.9 Å². The summed E-state index contributed by atoms with van der Waals surface area (Å²) in [6.45, 7) is 3.65. The quantitative estimate of drug-likeness (QED) is 0.310. The van der Waals surface area contributed by atoms with Gasteiger partial charge in [0.15, 0.2) is 0 Å². The van der Waals surface area contributed by atoms with Gasteiger partial charge in [-0.1, -0.05) is 18.5 Å². The van der Waals surface area contributed by atoms with Crippen LogP contribution in [0.25, 0.3) is 33.7 Å². The van der Waals surface area contributed by atoms with Gasteiger partial charge in [0, 0.05) is 54.3 Å². The number of nitrogens with zero attached hydrogens (tertiary/aromatic N) is 5. The van der Waals surface area contributed by atoms with Crippen LogP contribution in [-0.4, -0.2) is 49.1 Å². The van der Waals surface area contributed by atoms with Crippen LogP contribution in [0.2, 0.25) is 5.02 Å². The second-order valence-electron chi connectivity index (χ2n) is 7.79. The molecule has 9 heteroatoms. The van der Waals surface area contributed by atoms with Gasteiger partial charge in [0.25, 0.3) is 0 Å². The molecule has 170 valence electrons. The number of carboxylic acids is 1. The Balaban J connectivity index is 1.45. The number of hydrogen-bond donors (Lipinski definition) is 2. The standard InChI is InChI=1S/C24H25ClN6O2/c1-2-10-31(11-4-3-5-22(32)33)24-27-14-17(15-28-24)19-8-6-16(13-26-19)23-29-20-9-7-18(25)12-21(20)30-23/h6-9,12-15H,2-5,10-11H2,1H3,(H,29,30)(H,32,33). The molecular weight excluding hydrogens is 440 g/mol. The molecule has 3 aromatic heterocycles. The van der Waals surface area contributed by atoms with Crippen molar-refractivity contribution in [3.8, 4) is 22.6 Å². The molecule has 0 aliphatic rings. The average Bonchev–Trinajstić information content (AvgIpc) is 3.24. The summed E-state index contributed by atoms with van der Waals surface area (Å²) < 4.78 is 0. The van der Waals surface area contributed by atoms with Crippen LogP contribution >= 0.6 is 11.6 Å². The predicted octanol–water partition coefficient (Wildman–Crippen LogP) is 5.21. The maximum Gasteiger partial charge on any atom is 0.303 e. The first-order chi connectivity index (χ1) is 16.0. The fourth-order valence-corrected chi connectivity index (χ4v) is 3.76. The number of unbranched alkanes of at least 4 members (excludes halogenated alkanes) is 1. The van der Waals surface area contributed by atoms with E-state index in [1.165, 1.54) is 0 Å². The zero-order valence-electron chi connectivity index (χ0n) is 18.3. The van der Waals surface area contributed by atoms with E-state index >= 15 is 0 Å². The Kier molecular flexibility index (Phi) is 7.14. The van der Waals surface area contributed by atoms with E-state index in [1.54, 1.807) is 18.6 Å². The minimum Gasteiger partial charge on any atom is -0.481 e. The lowest BCUT2D eigenvalue weighted by Crippen LogP contribution is -2.27. The monoisotopic (exact) mass is 464 g/mol. The second kappa shape index (κ2) is 10.4. The first kappa shape index (κ1) is 22.7. The Labute approximate surface area is 196 Å². The van der Waals surface area contributed by atoms with Gasteiger partial charge in [-0.3, -0.25) is 9.78 Å². The third kappa shape index (κ3) is 5.64. The van der Waals surface area contributed by atoms with Crippen molar-refractivity contribution >= 4 is 34.6 Å². The lowest BCUT2D eigenvalue weighted by atomic mass is 10.2. The van der Waals surface area contributed by atoms with Crippen LogP contribution in [0.3, 0.4) is 0 Å².